The zero-order valence-corrected chi connectivity index (χ0v) is 12.2. The molecule has 0 aliphatic heterocycles. The summed E-state index contributed by atoms with van der Waals surface area (Å²) in [7, 11) is 0. The molecule has 1 aromatic carbocycles. The van der Waals surface area contributed by atoms with E-state index in [0.29, 0.717) is 6.54 Å². The van der Waals surface area contributed by atoms with E-state index < -0.39 is 5.60 Å². The first-order valence-electron chi connectivity index (χ1n) is 6.79. The summed E-state index contributed by atoms with van der Waals surface area (Å²) in [6.45, 7) is 9.51. The molecule has 0 unspecified atom stereocenters. The number of aromatic nitrogens is 1. The van der Waals surface area contributed by atoms with Crippen molar-refractivity contribution in [2.24, 2.45) is 0 Å². The Morgan fingerprint density at radius 1 is 1.11 bits per heavy atom. The second-order valence-corrected chi connectivity index (χ2v) is 6.55. The van der Waals surface area contributed by atoms with Gasteiger partial charge in [-0.1, -0.05) is 32.0 Å². The van der Waals surface area contributed by atoms with Crippen molar-refractivity contribution in [2.45, 2.75) is 38.7 Å². The maximum atomic E-state index is 9.75. The van der Waals surface area contributed by atoms with Crippen LogP contribution in [0.3, 0.4) is 0 Å². The van der Waals surface area contributed by atoms with Crippen LogP contribution >= 0.6 is 0 Å². The van der Waals surface area contributed by atoms with Gasteiger partial charge in [-0.3, -0.25) is 0 Å². The molecule has 0 fully saturated rings. The number of H-pyrrole nitrogens is 1. The fraction of sp³-hybridized carbons (Fsp3) is 0.500. The Morgan fingerprint density at radius 2 is 1.79 bits per heavy atom. The van der Waals surface area contributed by atoms with Crippen LogP contribution in [0, 0.1) is 0 Å². The average molecular weight is 260 g/mol. The molecule has 0 aliphatic rings. The summed E-state index contributed by atoms with van der Waals surface area (Å²) in [6, 6.07) is 8.36. The normalized spacial score (nSPS) is 13.1. The van der Waals surface area contributed by atoms with E-state index in [9.17, 15) is 5.11 Å². The molecule has 3 N–H and O–H groups in total. The number of para-hydroxylation sites is 1. The van der Waals surface area contributed by atoms with E-state index in [0.717, 1.165) is 6.54 Å². The number of rotatable bonds is 5. The van der Waals surface area contributed by atoms with Crippen molar-refractivity contribution >= 4 is 10.9 Å². The summed E-state index contributed by atoms with van der Waals surface area (Å²) in [6.07, 6.45) is 2.09. The topological polar surface area (TPSA) is 48.0 Å². The fourth-order valence-electron chi connectivity index (χ4n) is 2.41. The van der Waals surface area contributed by atoms with Crippen LogP contribution in [0.25, 0.3) is 10.9 Å². The summed E-state index contributed by atoms with van der Waals surface area (Å²) >= 11 is 0. The van der Waals surface area contributed by atoms with Gasteiger partial charge in [0.25, 0.3) is 0 Å². The summed E-state index contributed by atoms with van der Waals surface area (Å²) in [5, 5.41) is 14.4. The molecular weight excluding hydrogens is 236 g/mol. The van der Waals surface area contributed by atoms with Crippen LogP contribution in [0.2, 0.25) is 0 Å². The van der Waals surface area contributed by atoms with Gasteiger partial charge in [0.15, 0.2) is 0 Å². The van der Waals surface area contributed by atoms with E-state index in [2.05, 4.69) is 48.5 Å². The molecule has 2 aromatic rings. The third kappa shape index (κ3) is 3.37. The van der Waals surface area contributed by atoms with Crippen LogP contribution in [0.15, 0.2) is 30.5 Å². The van der Waals surface area contributed by atoms with Crippen molar-refractivity contribution in [3.05, 3.63) is 36.0 Å². The van der Waals surface area contributed by atoms with Gasteiger partial charge in [-0.05, 0) is 25.5 Å². The van der Waals surface area contributed by atoms with Gasteiger partial charge in [-0.2, -0.15) is 0 Å². The van der Waals surface area contributed by atoms with Gasteiger partial charge in [-0.15, -0.1) is 0 Å². The second-order valence-electron chi connectivity index (χ2n) is 6.55. The predicted molar refractivity (Wildman–Crippen MR) is 80.5 cm³/mol. The molecule has 0 amide bonds. The maximum Gasteiger partial charge on any atom is 0.0715 e. The molecule has 0 saturated heterocycles. The Labute approximate surface area is 115 Å². The van der Waals surface area contributed by atoms with Crippen molar-refractivity contribution in [3.8, 4) is 0 Å². The first-order chi connectivity index (χ1) is 8.80. The lowest BCUT2D eigenvalue weighted by Crippen LogP contribution is -2.40. The Bertz CT molecular complexity index is 549. The van der Waals surface area contributed by atoms with E-state index >= 15 is 0 Å². The van der Waals surface area contributed by atoms with E-state index in [1.54, 1.807) is 0 Å². The molecule has 0 saturated carbocycles. The lowest BCUT2D eigenvalue weighted by molar-refractivity contribution is 0.0786. The molecule has 1 aromatic heterocycles. The molecule has 0 atom stereocenters. The van der Waals surface area contributed by atoms with Crippen molar-refractivity contribution in [1.82, 2.24) is 10.3 Å². The molecule has 0 radical (unpaired) electrons. The van der Waals surface area contributed by atoms with Crippen molar-refractivity contribution in [1.29, 1.82) is 0 Å². The number of benzene rings is 1. The van der Waals surface area contributed by atoms with E-state index in [4.69, 9.17) is 0 Å². The smallest absolute Gasteiger partial charge is 0.0715 e. The third-order valence-electron chi connectivity index (χ3n) is 3.44. The average Bonchev–Trinajstić information content (AvgIpc) is 2.71. The first kappa shape index (κ1) is 14.1. The van der Waals surface area contributed by atoms with Crippen molar-refractivity contribution in [3.63, 3.8) is 0 Å². The molecule has 1 heterocycles. The minimum absolute atomic E-state index is 0.0187. The number of fused-ring (bicyclic) bond motifs is 1. The molecule has 3 nitrogen and oxygen atoms in total. The lowest BCUT2D eigenvalue weighted by atomic mass is 9.84. The molecule has 2 rings (SSSR count). The van der Waals surface area contributed by atoms with Crippen molar-refractivity contribution < 1.29 is 5.11 Å². The third-order valence-corrected chi connectivity index (χ3v) is 3.44. The highest BCUT2D eigenvalue weighted by Gasteiger charge is 2.24. The fourth-order valence-corrected chi connectivity index (χ4v) is 2.41. The van der Waals surface area contributed by atoms with Crippen LogP contribution in [-0.4, -0.2) is 28.8 Å². The zero-order valence-electron chi connectivity index (χ0n) is 12.2. The maximum absolute atomic E-state index is 9.75. The number of hydrogen-bond acceptors (Lipinski definition) is 2. The standard InChI is InChI=1S/C16H24N2O/c1-15(2,10-17-11-16(3,4)19)13-9-18-14-8-6-5-7-12(13)14/h5-9,17-19H,10-11H2,1-4H3. The van der Waals surface area contributed by atoms with Gasteiger partial charge in [-0.25, -0.2) is 0 Å². The summed E-state index contributed by atoms with van der Waals surface area (Å²) in [5.74, 6) is 0. The van der Waals surface area contributed by atoms with Crippen molar-refractivity contribution in [2.75, 3.05) is 13.1 Å². The van der Waals surface area contributed by atoms with E-state index in [1.807, 2.05) is 19.9 Å². The zero-order chi connectivity index (χ0) is 14.1. The summed E-state index contributed by atoms with van der Waals surface area (Å²) < 4.78 is 0. The van der Waals surface area contributed by atoms with Crippen LogP contribution in [0.4, 0.5) is 0 Å². The Morgan fingerprint density at radius 3 is 2.47 bits per heavy atom. The Kier molecular flexibility index (Phi) is 3.70. The van der Waals surface area contributed by atoms with Crippen LogP contribution < -0.4 is 5.32 Å². The van der Waals surface area contributed by atoms with E-state index in [-0.39, 0.29) is 5.41 Å². The Balaban J connectivity index is 2.15. The number of aromatic amines is 1. The van der Waals surface area contributed by atoms with Crippen LogP contribution in [0.1, 0.15) is 33.3 Å². The Hall–Kier alpha value is -1.32. The molecule has 104 valence electrons. The molecular formula is C16H24N2O. The quantitative estimate of drug-likeness (QED) is 0.774. The molecule has 3 heteroatoms. The highest BCUT2D eigenvalue weighted by atomic mass is 16.3. The van der Waals surface area contributed by atoms with Gasteiger partial charge in [0.1, 0.15) is 0 Å². The number of aliphatic hydroxyl groups is 1. The summed E-state index contributed by atoms with van der Waals surface area (Å²) in [4.78, 5) is 3.32. The molecule has 0 spiro atoms. The van der Waals surface area contributed by atoms with Gasteiger partial charge in [0.2, 0.25) is 0 Å². The number of hydrogen-bond donors (Lipinski definition) is 3. The lowest BCUT2D eigenvalue weighted by Gasteiger charge is -2.27. The van der Waals surface area contributed by atoms with E-state index in [1.165, 1.54) is 16.5 Å². The molecule has 19 heavy (non-hydrogen) atoms. The summed E-state index contributed by atoms with van der Waals surface area (Å²) in [5.41, 5.74) is 1.83. The van der Waals surface area contributed by atoms with Crippen LogP contribution in [0.5, 0.6) is 0 Å². The monoisotopic (exact) mass is 260 g/mol. The SMILES string of the molecule is CC(C)(O)CNCC(C)(C)c1c[nH]c2ccccc12. The first-order valence-corrected chi connectivity index (χ1v) is 6.79. The second kappa shape index (κ2) is 4.99. The molecule has 0 aliphatic carbocycles. The predicted octanol–water partition coefficient (Wildman–Crippen LogP) is 2.81. The minimum Gasteiger partial charge on any atom is -0.389 e. The van der Waals surface area contributed by atoms with Gasteiger partial charge in [0, 0.05) is 35.6 Å². The van der Waals surface area contributed by atoms with Gasteiger partial charge >= 0.3 is 0 Å². The largest absolute Gasteiger partial charge is 0.389 e. The minimum atomic E-state index is -0.670. The van der Waals surface area contributed by atoms with Gasteiger partial charge < -0.3 is 15.4 Å². The van der Waals surface area contributed by atoms with Gasteiger partial charge in [0.05, 0.1) is 5.60 Å². The highest BCUT2D eigenvalue weighted by molar-refractivity contribution is 5.84. The highest BCUT2D eigenvalue weighted by Crippen LogP contribution is 2.29. The molecule has 0 bridgehead atoms. The number of nitrogens with one attached hydrogen (secondary N) is 2. The van der Waals surface area contributed by atoms with Crippen LogP contribution in [-0.2, 0) is 5.41 Å².